The first-order chi connectivity index (χ1) is 13.9. The van der Waals surface area contributed by atoms with Crippen LogP contribution in [-0.4, -0.2) is 37.9 Å². The lowest BCUT2D eigenvalue weighted by Crippen LogP contribution is -2.42. The van der Waals surface area contributed by atoms with Gasteiger partial charge in [0.25, 0.3) is 11.8 Å². The molecule has 0 saturated heterocycles. The summed E-state index contributed by atoms with van der Waals surface area (Å²) >= 11 is 6.16. The van der Waals surface area contributed by atoms with E-state index in [4.69, 9.17) is 11.6 Å². The SMILES string of the molecule is Cc1cc(C(=O)N2CCC(NC(=O)c3ccccc3Cl)c3c2cnn3C)n(C)n1. The topological polar surface area (TPSA) is 85.0 Å². The van der Waals surface area contributed by atoms with Crippen LogP contribution in [0.3, 0.4) is 0 Å². The maximum atomic E-state index is 13.1. The number of carbonyl (C=O) groups is 2. The lowest BCUT2D eigenvalue weighted by Gasteiger charge is -2.32. The molecule has 1 N–H and O–H groups in total. The van der Waals surface area contributed by atoms with Gasteiger partial charge in [-0.2, -0.15) is 10.2 Å². The average Bonchev–Trinajstić information content (AvgIpc) is 3.24. The summed E-state index contributed by atoms with van der Waals surface area (Å²) in [5.74, 6) is -0.395. The molecule has 1 unspecified atom stereocenters. The fourth-order valence-corrected chi connectivity index (χ4v) is 3.97. The van der Waals surface area contributed by atoms with Gasteiger partial charge in [0.15, 0.2) is 0 Å². The summed E-state index contributed by atoms with van der Waals surface area (Å²) < 4.78 is 3.28. The summed E-state index contributed by atoms with van der Waals surface area (Å²) in [6.45, 7) is 2.30. The number of anilines is 1. The number of amides is 2. The average molecular weight is 413 g/mol. The van der Waals surface area contributed by atoms with E-state index in [0.717, 1.165) is 11.4 Å². The van der Waals surface area contributed by atoms with E-state index < -0.39 is 0 Å². The first-order valence-electron chi connectivity index (χ1n) is 9.26. The number of nitrogens with zero attached hydrogens (tertiary/aromatic N) is 5. The molecule has 0 spiro atoms. The highest BCUT2D eigenvalue weighted by molar-refractivity contribution is 6.33. The van der Waals surface area contributed by atoms with Gasteiger partial charge in [0.05, 0.1) is 39.9 Å². The van der Waals surface area contributed by atoms with Gasteiger partial charge in [0, 0.05) is 20.6 Å². The molecule has 8 nitrogen and oxygen atoms in total. The van der Waals surface area contributed by atoms with Crippen molar-refractivity contribution < 1.29 is 9.59 Å². The number of aromatic nitrogens is 4. The first kappa shape index (κ1) is 19.2. The number of aryl methyl sites for hydroxylation is 3. The standard InChI is InChI=1S/C20H21ClN6O2/c1-12-10-16(25(2)24-12)20(29)27-9-8-15(18-17(27)11-22-26(18)3)23-19(28)13-6-4-5-7-14(13)21/h4-7,10-11,15H,8-9H2,1-3H3,(H,23,28). The van der Waals surface area contributed by atoms with Gasteiger partial charge in [-0.05, 0) is 31.5 Å². The van der Waals surface area contributed by atoms with Gasteiger partial charge < -0.3 is 10.2 Å². The van der Waals surface area contributed by atoms with Crippen LogP contribution in [0.25, 0.3) is 0 Å². The predicted octanol–water partition coefficient (Wildman–Crippen LogP) is 2.64. The van der Waals surface area contributed by atoms with E-state index >= 15 is 0 Å². The molecule has 1 aliphatic rings. The molecule has 1 aromatic carbocycles. The highest BCUT2D eigenvalue weighted by Crippen LogP contribution is 2.34. The van der Waals surface area contributed by atoms with Crippen molar-refractivity contribution in [1.29, 1.82) is 0 Å². The molecular weight excluding hydrogens is 392 g/mol. The zero-order chi connectivity index (χ0) is 20.7. The Labute approximate surface area is 173 Å². The number of halogens is 1. The normalized spacial score (nSPS) is 15.9. The van der Waals surface area contributed by atoms with E-state index in [0.29, 0.717) is 34.9 Å². The van der Waals surface area contributed by atoms with Gasteiger partial charge in [-0.15, -0.1) is 0 Å². The van der Waals surface area contributed by atoms with Crippen molar-refractivity contribution in [3.63, 3.8) is 0 Å². The Hall–Kier alpha value is -3.13. The van der Waals surface area contributed by atoms with Crippen molar-refractivity contribution in [2.24, 2.45) is 14.1 Å². The maximum absolute atomic E-state index is 13.1. The number of nitrogens with one attached hydrogen (secondary N) is 1. The van der Waals surface area contributed by atoms with Gasteiger partial charge in [-0.1, -0.05) is 23.7 Å². The molecule has 0 bridgehead atoms. The Bertz CT molecular complexity index is 1100. The lowest BCUT2D eigenvalue weighted by molar-refractivity contribution is 0.0931. The predicted molar refractivity (Wildman–Crippen MR) is 109 cm³/mol. The zero-order valence-electron chi connectivity index (χ0n) is 16.4. The maximum Gasteiger partial charge on any atom is 0.276 e. The monoisotopic (exact) mass is 412 g/mol. The Morgan fingerprint density at radius 3 is 2.66 bits per heavy atom. The summed E-state index contributed by atoms with van der Waals surface area (Å²) in [7, 11) is 3.55. The van der Waals surface area contributed by atoms with Crippen LogP contribution in [-0.2, 0) is 14.1 Å². The first-order valence-corrected chi connectivity index (χ1v) is 9.64. The number of benzene rings is 1. The van der Waals surface area contributed by atoms with E-state index in [1.807, 2.05) is 6.92 Å². The Balaban J connectivity index is 1.62. The third kappa shape index (κ3) is 3.40. The number of fused-ring (bicyclic) bond motifs is 1. The largest absolute Gasteiger partial charge is 0.343 e. The second-order valence-electron chi connectivity index (χ2n) is 7.08. The third-order valence-electron chi connectivity index (χ3n) is 5.12. The van der Waals surface area contributed by atoms with Gasteiger partial charge in [0.2, 0.25) is 0 Å². The summed E-state index contributed by atoms with van der Waals surface area (Å²) in [6, 6.07) is 8.41. The highest BCUT2D eigenvalue weighted by atomic mass is 35.5. The summed E-state index contributed by atoms with van der Waals surface area (Å²) in [4.78, 5) is 27.6. The van der Waals surface area contributed by atoms with E-state index in [-0.39, 0.29) is 17.9 Å². The third-order valence-corrected chi connectivity index (χ3v) is 5.45. The van der Waals surface area contributed by atoms with Crippen LogP contribution in [0, 0.1) is 6.92 Å². The molecule has 2 aromatic heterocycles. The second-order valence-corrected chi connectivity index (χ2v) is 7.49. The molecule has 150 valence electrons. The molecule has 3 aromatic rings. The molecule has 9 heteroatoms. The Morgan fingerprint density at radius 2 is 1.97 bits per heavy atom. The molecule has 0 saturated carbocycles. The summed E-state index contributed by atoms with van der Waals surface area (Å²) in [5.41, 5.74) is 3.18. The summed E-state index contributed by atoms with van der Waals surface area (Å²) in [6.07, 6.45) is 2.22. The quantitative estimate of drug-likeness (QED) is 0.716. The molecule has 0 radical (unpaired) electrons. The van der Waals surface area contributed by atoms with Crippen molar-refractivity contribution in [2.75, 3.05) is 11.4 Å². The number of carbonyl (C=O) groups excluding carboxylic acids is 2. The van der Waals surface area contributed by atoms with Gasteiger partial charge in [0.1, 0.15) is 5.69 Å². The van der Waals surface area contributed by atoms with Crippen molar-refractivity contribution >= 4 is 29.1 Å². The Kier molecular flexibility index (Phi) is 4.87. The zero-order valence-corrected chi connectivity index (χ0v) is 17.1. The highest BCUT2D eigenvalue weighted by Gasteiger charge is 2.34. The molecule has 0 fully saturated rings. The van der Waals surface area contributed by atoms with Crippen molar-refractivity contribution in [3.8, 4) is 0 Å². The minimum Gasteiger partial charge on any atom is -0.343 e. The van der Waals surface area contributed by atoms with E-state index in [1.54, 1.807) is 64.9 Å². The fourth-order valence-electron chi connectivity index (χ4n) is 3.74. The number of rotatable bonds is 3. The van der Waals surface area contributed by atoms with E-state index in [2.05, 4.69) is 15.5 Å². The molecule has 29 heavy (non-hydrogen) atoms. The van der Waals surface area contributed by atoms with Crippen LogP contribution in [0.4, 0.5) is 5.69 Å². The molecule has 4 rings (SSSR count). The lowest BCUT2D eigenvalue weighted by atomic mass is 10.0. The van der Waals surface area contributed by atoms with Crippen LogP contribution < -0.4 is 10.2 Å². The van der Waals surface area contributed by atoms with E-state index in [9.17, 15) is 9.59 Å². The van der Waals surface area contributed by atoms with E-state index in [1.165, 1.54) is 0 Å². The molecular formula is C20H21ClN6O2. The van der Waals surface area contributed by atoms with Crippen LogP contribution in [0.2, 0.25) is 5.02 Å². The summed E-state index contributed by atoms with van der Waals surface area (Å²) in [5, 5.41) is 12.0. The minimum atomic E-state index is -0.279. The van der Waals surface area contributed by atoms with Gasteiger partial charge in [-0.25, -0.2) is 0 Å². The molecule has 1 atom stereocenters. The molecule has 1 aliphatic heterocycles. The molecule has 0 aliphatic carbocycles. The van der Waals surface area contributed by atoms with Crippen molar-refractivity contribution in [2.45, 2.75) is 19.4 Å². The smallest absolute Gasteiger partial charge is 0.276 e. The molecule has 2 amide bonds. The minimum absolute atomic E-state index is 0.141. The van der Waals surface area contributed by atoms with Crippen molar-refractivity contribution in [3.05, 3.63) is 64.2 Å². The number of hydrogen-bond donors (Lipinski definition) is 1. The van der Waals surface area contributed by atoms with Crippen LogP contribution >= 0.6 is 11.6 Å². The molecule has 3 heterocycles. The van der Waals surface area contributed by atoms with Crippen LogP contribution in [0.1, 0.15) is 44.7 Å². The van der Waals surface area contributed by atoms with Crippen molar-refractivity contribution in [1.82, 2.24) is 24.9 Å². The Morgan fingerprint density at radius 1 is 1.21 bits per heavy atom. The number of hydrogen-bond acceptors (Lipinski definition) is 4. The van der Waals surface area contributed by atoms with Crippen LogP contribution in [0.15, 0.2) is 36.5 Å². The van der Waals surface area contributed by atoms with Gasteiger partial charge >= 0.3 is 0 Å². The van der Waals surface area contributed by atoms with Crippen LogP contribution in [0.5, 0.6) is 0 Å². The van der Waals surface area contributed by atoms with Gasteiger partial charge in [-0.3, -0.25) is 19.0 Å². The fraction of sp³-hybridized carbons (Fsp3) is 0.300. The second kappa shape index (κ2) is 7.36.